The Balaban J connectivity index is 1.42. The smallest absolute Gasteiger partial charge is 0.385 e. The van der Waals surface area contributed by atoms with Gasteiger partial charge in [-0.05, 0) is 89.1 Å². The van der Waals surface area contributed by atoms with Gasteiger partial charge in [-0.2, -0.15) is 13.2 Å². The van der Waals surface area contributed by atoms with Crippen molar-refractivity contribution in [2.45, 2.75) is 123 Å². The van der Waals surface area contributed by atoms with Gasteiger partial charge >= 0.3 is 6.18 Å². The van der Waals surface area contributed by atoms with Crippen LogP contribution < -0.4 is 15.5 Å². The average molecular weight is 673 g/mol. The molecule has 1 aliphatic carbocycles. The van der Waals surface area contributed by atoms with Crippen molar-refractivity contribution in [1.82, 2.24) is 15.1 Å². The molecule has 10 heteroatoms. The number of amidine groups is 1. The summed E-state index contributed by atoms with van der Waals surface area (Å²) in [6, 6.07) is 6.55. The number of halogens is 3. The summed E-state index contributed by atoms with van der Waals surface area (Å²) < 4.78 is 43.3. The lowest BCUT2D eigenvalue weighted by Crippen LogP contribution is -2.53. The fraction of sp³-hybridized carbons (Fsp3) is 0.684. The van der Waals surface area contributed by atoms with Gasteiger partial charge in [0, 0.05) is 73.5 Å². The zero-order valence-corrected chi connectivity index (χ0v) is 30.2. The molecule has 0 bridgehead atoms. The fourth-order valence-electron chi connectivity index (χ4n) is 7.22. The first-order chi connectivity index (χ1) is 23.0. The van der Waals surface area contributed by atoms with E-state index in [1.165, 1.54) is 18.5 Å². The molecular formula is C38H59F3N6O. The molecule has 1 aromatic carbocycles. The SMILES string of the molecule is CCC/C=C(NCCCN1C(=O)C(CCCC)CC1CC)/C(=C\N=C(C)Nc1ccc(N2CCN(C)C3(CC3)C2)cc1CC)C(F)(F)F. The van der Waals surface area contributed by atoms with Crippen LogP contribution in [0.25, 0.3) is 0 Å². The summed E-state index contributed by atoms with van der Waals surface area (Å²) in [6.45, 7) is 13.9. The zero-order valence-electron chi connectivity index (χ0n) is 30.2. The Bertz CT molecular complexity index is 1320. The number of alkyl halides is 3. The molecule has 3 aliphatic rings. The third-order valence-electron chi connectivity index (χ3n) is 10.5. The van der Waals surface area contributed by atoms with Crippen molar-refractivity contribution in [3.8, 4) is 0 Å². The van der Waals surface area contributed by atoms with Gasteiger partial charge in [0.1, 0.15) is 5.84 Å². The van der Waals surface area contributed by atoms with Gasteiger partial charge in [-0.15, -0.1) is 0 Å². The maximum Gasteiger partial charge on any atom is 0.419 e. The first kappa shape index (κ1) is 37.8. The summed E-state index contributed by atoms with van der Waals surface area (Å²) in [7, 11) is 2.22. The number of nitrogens with zero attached hydrogens (tertiary/aromatic N) is 4. The highest BCUT2D eigenvalue weighted by molar-refractivity contribution is 5.95. The molecule has 1 spiro atoms. The maximum absolute atomic E-state index is 14.4. The van der Waals surface area contributed by atoms with Gasteiger partial charge in [0.15, 0.2) is 0 Å². The van der Waals surface area contributed by atoms with E-state index < -0.39 is 11.7 Å². The number of nitrogens with one attached hydrogen (secondary N) is 2. The number of anilines is 2. The average Bonchev–Trinajstić information content (AvgIpc) is 3.77. The van der Waals surface area contributed by atoms with Crippen LogP contribution in [0, 0.1) is 5.92 Å². The molecule has 2 N–H and O–H groups in total. The molecule has 0 radical (unpaired) electrons. The maximum atomic E-state index is 14.4. The van der Waals surface area contributed by atoms with Gasteiger partial charge in [-0.3, -0.25) is 9.69 Å². The van der Waals surface area contributed by atoms with E-state index in [2.05, 4.69) is 65.4 Å². The first-order valence-electron chi connectivity index (χ1n) is 18.4. The normalized spacial score (nSPS) is 22.2. The molecule has 7 nitrogen and oxygen atoms in total. The van der Waals surface area contributed by atoms with E-state index in [0.29, 0.717) is 37.3 Å². The molecule has 2 saturated heterocycles. The van der Waals surface area contributed by atoms with E-state index >= 15 is 0 Å². The molecule has 1 aromatic rings. The largest absolute Gasteiger partial charge is 0.419 e. The Morgan fingerprint density at radius 1 is 1.10 bits per heavy atom. The minimum absolute atomic E-state index is 0.0423. The summed E-state index contributed by atoms with van der Waals surface area (Å²) in [5.74, 6) is 0.675. The third kappa shape index (κ3) is 9.57. The minimum Gasteiger partial charge on any atom is -0.385 e. The number of benzene rings is 1. The van der Waals surface area contributed by atoms with Crippen LogP contribution in [0.15, 0.2) is 46.7 Å². The molecule has 2 atom stereocenters. The number of aliphatic imine (C=N–C) groups is 1. The summed E-state index contributed by atoms with van der Waals surface area (Å²) in [6.07, 6.45) is 7.88. The Morgan fingerprint density at radius 3 is 2.52 bits per heavy atom. The van der Waals surface area contributed by atoms with Crippen molar-refractivity contribution in [2.24, 2.45) is 10.9 Å². The standard InChI is InChI=1S/C38H59F3N6O/c1-7-11-14-30-25-31(10-4)47(36(30)48)21-13-20-42-35(15-12-8-2)33(38(39,40)41)26-43-28(5)44-34-17-16-32(24-29(34)9-3)46-23-22-45(6)37(27-46)18-19-37/h15-17,24,26,30-31,42H,7-14,18-23,25,27H2,1-6H3,(H,43,44)/b33-26+,35-15-. The van der Waals surface area contributed by atoms with Crippen LogP contribution in [0.2, 0.25) is 0 Å². The summed E-state index contributed by atoms with van der Waals surface area (Å²) in [4.78, 5) is 24.2. The molecule has 4 rings (SSSR count). The van der Waals surface area contributed by atoms with Gasteiger partial charge in [-0.1, -0.05) is 53.0 Å². The second-order valence-corrected chi connectivity index (χ2v) is 14.0. The van der Waals surface area contributed by atoms with E-state index in [-0.39, 0.29) is 23.6 Å². The van der Waals surface area contributed by atoms with E-state index in [1.54, 1.807) is 13.0 Å². The van der Waals surface area contributed by atoms with E-state index in [0.717, 1.165) is 82.0 Å². The lowest BCUT2D eigenvalue weighted by atomic mass is 9.98. The summed E-state index contributed by atoms with van der Waals surface area (Å²) >= 11 is 0. The number of aryl methyl sites for hydroxylation is 1. The van der Waals surface area contributed by atoms with Crippen molar-refractivity contribution in [3.63, 3.8) is 0 Å². The van der Waals surface area contributed by atoms with Crippen LogP contribution >= 0.6 is 0 Å². The number of hydrogen-bond donors (Lipinski definition) is 2. The third-order valence-corrected chi connectivity index (χ3v) is 10.5. The van der Waals surface area contributed by atoms with E-state index in [1.807, 2.05) is 17.9 Å². The molecule has 48 heavy (non-hydrogen) atoms. The predicted octanol–water partition coefficient (Wildman–Crippen LogP) is 8.29. The molecule has 3 fully saturated rings. The molecule has 268 valence electrons. The van der Waals surface area contributed by atoms with Crippen molar-refractivity contribution >= 4 is 23.1 Å². The molecule has 1 saturated carbocycles. The number of amides is 1. The Labute approximate surface area is 287 Å². The van der Waals surface area contributed by atoms with Gasteiger partial charge in [-0.25, -0.2) is 4.99 Å². The Hall–Kier alpha value is -3.01. The van der Waals surface area contributed by atoms with Crippen molar-refractivity contribution in [2.75, 3.05) is 50.0 Å². The fourth-order valence-corrected chi connectivity index (χ4v) is 7.22. The van der Waals surface area contributed by atoms with Crippen molar-refractivity contribution < 1.29 is 18.0 Å². The molecule has 0 aromatic heterocycles. The van der Waals surface area contributed by atoms with Crippen LogP contribution in [-0.2, 0) is 11.2 Å². The van der Waals surface area contributed by atoms with Gasteiger partial charge in [0.2, 0.25) is 5.91 Å². The first-order valence-corrected chi connectivity index (χ1v) is 18.4. The second kappa shape index (κ2) is 17.1. The molecular weight excluding hydrogens is 613 g/mol. The molecule has 2 unspecified atom stereocenters. The molecule has 2 aliphatic heterocycles. The van der Waals surface area contributed by atoms with Crippen LogP contribution in [0.4, 0.5) is 24.5 Å². The van der Waals surface area contributed by atoms with Crippen LogP contribution in [0.1, 0.15) is 104 Å². The monoisotopic (exact) mass is 672 g/mol. The number of hydrogen-bond acceptors (Lipinski definition) is 5. The Kier molecular flexibility index (Phi) is 13.5. The summed E-state index contributed by atoms with van der Waals surface area (Å²) in [5, 5.41) is 6.32. The van der Waals surface area contributed by atoms with E-state index in [9.17, 15) is 18.0 Å². The number of likely N-dealkylation sites (N-methyl/N-ethyl adjacent to an activating group) is 1. The number of likely N-dealkylation sites (tertiary alicyclic amines) is 1. The second-order valence-electron chi connectivity index (χ2n) is 14.0. The lowest BCUT2D eigenvalue weighted by Gasteiger charge is -2.41. The van der Waals surface area contributed by atoms with Crippen molar-refractivity contribution in [3.05, 3.63) is 47.3 Å². The van der Waals surface area contributed by atoms with Gasteiger partial charge < -0.3 is 20.4 Å². The van der Waals surface area contributed by atoms with E-state index in [4.69, 9.17) is 0 Å². The van der Waals surface area contributed by atoms with Crippen LogP contribution in [0.3, 0.4) is 0 Å². The lowest BCUT2D eigenvalue weighted by molar-refractivity contribution is -0.132. The quantitative estimate of drug-likeness (QED) is 0.0801. The predicted molar refractivity (Wildman–Crippen MR) is 193 cm³/mol. The highest BCUT2D eigenvalue weighted by atomic mass is 19.4. The number of carbonyl (C=O) groups is 1. The van der Waals surface area contributed by atoms with Gasteiger partial charge in [0.05, 0.1) is 5.57 Å². The van der Waals surface area contributed by atoms with Crippen LogP contribution in [0.5, 0.6) is 0 Å². The van der Waals surface area contributed by atoms with Crippen LogP contribution in [-0.4, -0.2) is 79.1 Å². The number of piperazine rings is 1. The molecule has 2 heterocycles. The number of unbranched alkanes of at least 4 members (excludes halogenated alkanes) is 2. The number of carbonyl (C=O) groups excluding carboxylic acids is 1. The number of rotatable bonds is 16. The summed E-state index contributed by atoms with van der Waals surface area (Å²) in [5.41, 5.74) is 2.72. The highest BCUT2D eigenvalue weighted by Gasteiger charge is 2.49. The number of allylic oxidation sites excluding steroid dienone is 2. The zero-order chi connectivity index (χ0) is 34.9. The topological polar surface area (TPSA) is 63.2 Å². The van der Waals surface area contributed by atoms with Crippen molar-refractivity contribution in [1.29, 1.82) is 0 Å². The minimum atomic E-state index is -4.58. The highest BCUT2D eigenvalue weighted by Crippen LogP contribution is 2.44. The molecule has 1 amide bonds. The van der Waals surface area contributed by atoms with Gasteiger partial charge in [0.25, 0.3) is 0 Å². The Morgan fingerprint density at radius 2 is 1.88 bits per heavy atom.